The number of benzene rings is 1. The molecule has 3 nitrogen and oxygen atoms in total. The second-order valence-electron chi connectivity index (χ2n) is 4.96. The Balaban J connectivity index is 3.02. The lowest BCUT2D eigenvalue weighted by Crippen LogP contribution is -2.50. The normalized spacial score (nSPS) is 14.7. The van der Waals surface area contributed by atoms with Gasteiger partial charge in [0.2, 0.25) is 0 Å². The van der Waals surface area contributed by atoms with Crippen molar-refractivity contribution in [2.24, 2.45) is 0 Å². The van der Waals surface area contributed by atoms with Crippen LogP contribution >= 0.6 is 0 Å². The van der Waals surface area contributed by atoms with E-state index in [9.17, 15) is 18.4 Å². The van der Waals surface area contributed by atoms with Crippen LogP contribution in [0.1, 0.15) is 18.9 Å². The van der Waals surface area contributed by atoms with Gasteiger partial charge in [-0.05, 0) is 25.6 Å². The predicted octanol–water partition coefficient (Wildman–Crippen LogP) is 2.90. The molecule has 0 aliphatic heterocycles. The van der Waals surface area contributed by atoms with Crippen LogP contribution in [-0.2, 0) is 5.54 Å². The molecule has 21 heavy (non-hydrogen) atoms. The van der Waals surface area contributed by atoms with E-state index in [-0.39, 0.29) is 13.1 Å². The van der Waals surface area contributed by atoms with Crippen LogP contribution in [-0.4, -0.2) is 37.8 Å². The molecule has 0 saturated carbocycles. The van der Waals surface area contributed by atoms with Crippen molar-refractivity contribution >= 4 is 0 Å². The lowest BCUT2D eigenvalue weighted by atomic mass is 9.90. The molecule has 0 amide bonds. The molecular weight excluding hydrogens is 279 g/mol. The quantitative estimate of drug-likeness (QED) is 0.841. The summed E-state index contributed by atoms with van der Waals surface area (Å²) >= 11 is 0. The summed E-state index contributed by atoms with van der Waals surface area (Å²) in [5.74, 6) is 0. The molecule has 0 spiro atoms. The van der Waals surface area contributed by atoms with Gasteiger partial charge in [-0.1, -0.05) is 37.3 Å². The summed E-state index contributed by atoms with van der Waals surface area (Å²) in [6.45, 7) is 1.08. The van der Waals surface area contributed by atoms with Gasteiger partial charge in [0.25, 0.3) is 0 Å². The Bertz CT molecular complexity index is 467. The molecule has 1 atom stereocenters. The topological polar surface area (TPSA) is 39.1 Å². The highest BCUT2D eigenvalue weighted by molar-refractivity contribution is 5.31. The monoisotopic (exact) mass is 299 g/mol. The first kappa shape index (κ1) is 17.5. The summed E-state index contributed by atoms with van der Waals surface area (Å²) in [7, 11) is 1.59. The van der Waals surface area contributed by atoms with E-state index >= 15 is 0 Å². The highest BCUT2D eigenvalue weighted by Crippen LogP contribution is 2.24. The third kappa shape index (κ3) is 5.03. The van der Waals surface area contributed by atoms with Gasteiger partial charge in [0, 0.05) is 6.54 Å². The number of nitrogens with one attached hydrogen (secondary N) is 1. The average molecular weight is 299 g/mol. The van der Waals surface area contributed by atoms with Gasteiger partial charge in [-0.2, -0.15) is 18.4 Å². The maximum absolute atomic E-state index is 12.7. The Morgan fingerprint density at radius 3 is 2.24 bits per heavy atom. The number of alkyl halides is 3. The van der Waals surface area contributed by atoms with Crippen molar-refractivity contribution in [3.8, 4) is 6.07 Å². The standard InChI is InChI=1S/C15H20F3N3/c1-3-9-21(12-15(16,17)18)11-14(10-19,20-2)13-7-5-4-6-8-13/h4-8,20H,3,9,11-12H2,1-2H3. The van der Waals surface area contributed by atoms with Gasteiger partial charge in [0.05, 0.1) is 12.6 Å². The number of likely N-dealkylation sites (N-methyl/N-ethyl adjacent to an activating group) is 1. The van der Waals surface area contributed by atoms with E-state index in [1.807, 2.05) is 6.92 Å². The second kappa shape index (κ2) is 7.43. The minimum atomic E-state index is -4.28. The van der Waals surface area contributed by atoms with Crippen molar-refractivity contribution in [3.05, 3.63) is 35.9 Å². The van der Waals surface area contributed by atoms with Crippen molar-refractivity contribution in [1.82, 2.24) is 10.2 Å². The molecule has 0 aromatic heterocycles. The molecule has 0 saturated heterocycles. The van der Waals surface area contributed by atoms with Crippen LogP contribution in [0, 0.1) is 11.3 Å². The van der Waals surface area contributed by atoms with Crippen LogP contribution in [0.2, 0.25) is 0 Å². The van der Waals surface area contributed by atoms with Crippen LogP contribution in [0.15, 0.2) is 30.3 Å². The van der Waals surface area contributed by atoms with E-state index in [1.165, 1.54) is 4.90 Å². The van der Waals surface area contributed by atoms with E-state index in [1.54, 1.807) is 37.4 Å². The Morgan fingerprint density at radius 1 is 1.19 bits per heavy atom. The molecular formula is C15H20F3N3. The van der Waals surface area contributed by atoms with Gasteiger partial charge in [0.1, 0.15) is 5.54 Å². The summed E-state index contributed by atoms with van der Waals surface area (Å²) in [5.41, 5.74) is -0.486. The fourth-order valence-corrected chi connectivity index (χ4v) is 2.31. The van der Waals surface area contributed by atoms with E-state index in [0.29, 0.717) is 12.0 Å². The summed E-state index contributed by atoms with van der Waals surface area (Å²) < 4.78 is 38.0. The van der Waals surface area contributed by atoms with Gasteiger partial charge in [0.15, 0.2) is 0 Å². The maximum atomic E-state index is 12.7. The van der Waals surface area contributed by atoms with Crippen molar-refractivity contribution in [1.29, 1.82) is 5.26 Å². The first-order chi connectivity index (χ1) is 9.87. The fraction of sp³-hybridized carbons (Fsp3) is 0.533. The Hall–Kier alpha value is -1.58. The smallest absolute Gasteiger partial charge is 0.298 e. The molecule has 0 bridgehead atoms. The average Bonchev–Trinajstić information content (AvgIpc) is 2.44. The minimum absolute atomic E-state index is 0.0165. The number of hydrogen-bond acceptors (Lipinski definition) is 3. The van der Waals surface area contributed by atoms with Gasteiger partial charge < -0.3 is 0 Å². The van der Waals surface area contributed by atoms with Gasteiger partial charge in [-0.15, -0.1) is 0 Å². The van der Waals surface area contributed by atoms with Crippen LogP contribution in [0.3, 0.4) is 0 Å². The van der Waals surface area contributed by atoms with Crippen molar-refractivity contribution < 1.29 is 13.2 Å². The molecule has 1 rings (SSSR count). The van der Waals surface area contributed by atoms with Crippen LogP contribution in [0.25, 0.3) is 0 Å². The molecule has 1 N–H and O–H groups in total. The minimum Gasteiger partial charge on any atom is -0.298 e. The van der Waals surface area contributed by atoms with Crippen LogP contribution < -0.4 is 5.32 Å². The summed E-state index contributed by atoms with van der Waals surface area (Å²) in [6, 6.07) is 11.0. The lowest BCUT2D eigenvalue weighted by molar-refractivity contribution is -0.147. The number of nitrogens with zero attached hydrogens (tertiary/aromatic N) is 2. The summed E-state index contributed by atoms with van der Waals surface area (Å²) in [6.07, 6.45) is -3.68. The van der Waals surface area contributed by atoms with Crippen molar-refractivity contribution in [3.63, 3.8) is 0 Å². The molecule has 1 unspecified atom stereocenters. The zero-order chi connectivity index (χ0) is 15.9. The van der Waals surface area contributed by atoms with Crippen LogP contribution in [0.5, 0.6) is 0 Å². The van der Waals surface area contributed by atoms with E-state index in [2.05, 4.69) is 11.4 Å². The number of hydrogen-bond donors (Lipinski definition) is 1. The molecule has 0 aliphatic rings. The zero-order valence-corrected chi connectivity index (χ0v) is 12.2. The maximum Gasteiger partial charge on any atom is 0.401 e. The fourth-order valence-electron chi connectivity index (χ4n) is 2.31. The van der Waals surface area contributed by atoms with Gasteiger partial charge >= 0.3 is 6.18 Å². The molecule has 0 aliphatic carbocycles. The van der Waals surface area contributed by atoms with Crippen molar-refractivity contribution in [2.45, 2.75) is 25.1 Å². The van der Waals surface area contributed by atoms with Gasteiger partial charge in [-0.3, -0.25) is 10.2 Å². The van der Waals surface area contributed by atoms with E-state index in [0.717, 1.165) is 0 Å². The Labute approximate surface area is 123 Å². The second-order valence-corrected chi connectivity index (χ2v) is 4.96. The molecule has 1 aromatic carbocycles. The van der Waals surface area contributed by atoms with Crippen LogP contribution in [0.4, 0.5) is 13.2 Å². The lowest BCUT2D eigenvalue weighted by Gasteiger charge is -2.33. The van der Waals surface area contributed by atoms with Crippen molar-refractivity contribution in [2.75, 3.05) is 26.7 Å². The number of rotatable bonds is 7. The highest BCUT2D eigenvalue weighted by atomic mass is 19.4. The molecule has 116 valence electrons. The third-order valence-corrected chi connectivity index (χ3v) is 3.29. The third-order valence-electron chi connectivity index (χ3n) is 3.29. The van der Waals surface area contributed by atoms with E-state index in [4.69, 9.17) is 0 Å². The van der Waals surface area contributed by atoms with E-state index < -0.39 is 18.3 Å². The Morgan fingerprint density at radius 2 is 1.81 bits per heavy atom. The van der Waals surface area contributed by atoms with Gasteiger partial charge in [-0.25, -0.2) is 0 Å². The largest absolute Gasteiger partial charge is 0.401 e. The molecule has 6 heteroatoms. The zero-order valence-electron chi connectivity index (χ0n) is 12.2. The molecule has 0 heterocycles. The first-order valence-electron chi connectivity index (χ1n) is 6.81. The number of halogens is 3. The molecule has 1 aromatic rings. The Kier molecular flexibility index (Phi) is 6.19. The number of nitriles is 1. The summed E-state index contributed by atoms with van der Waals surface area (Å²) in [5, 5.41) is 12.4. The molecule has 0 fully saturated rings. The molecule has 0 radical (unpaired) electrons. The highest BCUT2D eigenvalue weighted by Gasteiger charge is 2.37. The summed E-state index contributed by atoms with van der Waals surface area (Å²) in [4.78, 5) is 1.27. The first-order valence-corrected chi connectivity index (χ1v) is 6.81. The predicted molar refractivity (Wildman–Crippen MR) is 75.6 cm³/mol. The SMILES string of the molecule is CCCN(CC(F)(F)F)CC(C#N)(NC)c1ccccc1.